The molecule has 2 N–H and O–H groups in total. The Bertz CT molecular complexity index is 821. The van der Waals surface area contributed by atoms with Crippen LogP contribution in [0.4, 0.5) is 0 Å². The third kappa shape index (κ3) is 4.24. The molecule has 5 heteroatoms. The van der Waals surface area contributed by atoms with Crippen LogP contribution in [0.5, 0.6) is 0 Å². The highest BCUT2D eigenvalue weighted by Crippen LogP contribution is 2.45. The molecule has 0 aromatic heterocycles. The van der Waals surface area contributed by atoms with Crippen LogP contribution in [-0.4, -0.2) is 33.1 Å². The van der Waals surface area contributed by atoms with Crippen LogP contribution in [0.1, 0.15) is 64.4 Å². The minimum Gasteiger partial charge on any atom is -0.481 e. The van der Waals surface area contributed by atoms with Gasteiger partial charge in [0.25, 0.3) is 0 Å². The van der Waals surface area contributed by atoms with Gasteiger partial charge in [-0.1, -0.05) is 62.1 Å². The number of carbonyl (C=O) groups is 2. The number of aliphatic carboxylic acids is 2. The summed E-state index contributed by atoms with van der Waals surface area (Å²) in [6, 6.07) is 10.4. The number of benzene rings is 1. The summed E-state index contributed by atoms with van der Waals surface area (Å²) >= 11 is 0. The fraction of sp³-hybridized carbons (Fsp3) is 0.500. The zero-order valence-electron chi connectivity index (χ0n) is 17.4. The smallest absolute Gasteiger partial charge is 0.333 e. The summed E-state index contributed by atoms with van der Waals surface area (Å²) in [6.45, 7) is 4.28. The lowest BCUT2D eigenvalue weighted by atomic mass is 9.70. The lowest BCUT2D eigenvalue weighted by Gasteiger charge is -2.42. The van der Waals surface area contributed by atoms with E-state index in [1.54, 1.807) is 0 Å². The number of carboxylic acids is 2. The standard InChI is InChI=1S/C24H31NO4/c1-3-24(23(28)29)15-20(22(26)27)21(14-17(24)2)25(19-12-8-5-9-13-19)16-18-10-6-4-7-11-18/h4,6-7,10-11,14,19H,3,5,8-9,12-13,15-16H2,1-2H3,(H,26,27)(H,28,29). The van der Waals surface area contributed by atoms with Crippen LogP contribution in [0, 0.1) is 5.41 Å². The van der Waals surface area contributed by atoms with E-state index in [1.807, 2.05) is 38.1 Å². The molecule has 0 amide bonds. The fourth-order valence-electron chi connectivity index (χ4n) is 4.79. The predicted octanol–water partition coefficient (Wildman–Crippen LogP) is 4.99. The van der Waals surface area contributed by atoms with Gasteiger partial charge in [0.2, 0.25) is 0 Å². The molecular weight excluding hydrogens is 366 g/mol. The molecule has 0 heterocycles. The summed E-state index contributed by atoms with van der Waals surface area (Å²) < 4.78 is 0. The minimum absolute atomic E-state index is 0.0316. The zero-order valence-corrected chi connectivity index (χ0v) is 17.4. The van der Waals surface area contributed by atoms with Crippen LogP contribution in [-0.2, 0) is 16.1 Å². The molecule has 1 atom stereocenters. The van der Waals surface area contributed by atoms with Crippen molar-refractivity contribution < 1.29 is 19.8 Å². The second-order valence-corrected chi connectivity index (χ2v) is 8.32. The van der Waals surface area contributed by atoms with Gasteiger partial charge in [-0.2, -0.15) is 0 Å². The third-order valence-corrected chi connectivity index (χ3v) is 6.69. The maximum Gasteiger partial charge on any atom is 0.333 e. The third-order valence-electron chi connectivity index (χ3n) is 6.69. The van der Waals surface area contributed by atoms with Crippen molar-refractivity contribution in [2.45, 2.75) is 71.4 Å². The van der Waals surface area contributed by atoms with Gasteiger partial charge in [0, 0.05) is 24.7 Å². The Kier molecular flexibility index (Phi) is 6.46. The number of nitrogens with zero attached hydrogens (tertiary/aromatic N) is 1. The number of carboxylic acid groups (broad SMARTS) is 2. The maximum absolute atomic E-state index is 12.2. The van der Waals surface area contributed by atoms with Crippen molar-refractivity contribution in [1.82, 2.24) is 4.90 Å². The number of hydrogen-bond donors (Lipinski definition) is 2. The van der Waals surface area contributed by atoms with E-state index in [1.165, 1.54) is 6.42 Å². The Balaban J connectivity index is 2.07. The molecule has 0 saturated heterocycles. The van der Waals surface area contributed by atoms with Crippen LogP contribution in [0.15, 0.2) is 53.3 Å². The molecule has 1 aromatic rings. The normalized spacial score (nSPS) is 22.9. The van der Waals surface area contributed by atoms with E-state index in [-0.39, 0.29) is 18.0 Å². The summed E-state index contributed by atoms with van der Waals surface area (Å²) in [5, 5.41) is 19.9. The second-order valence-electron chi connectivity index (χ2n) is 8.32. The van der Waals surface area contributed by atoms with Crippen LogP contribution in [0.25, 0.3) is 0 Å². The molecule has 2 aliphatic rings. The molecule has 0 bridgehead atoms. The topological polar surface area (TPSA) is 77.8 Å². The van der Waals surface area contributed by atoms with Gasteiger partial charge in [-0.05, 0) is 37.8 Å². The Morgan fingerprint density at radius 2 is 1.76 bits per heavy atom. The maximum atomic E-state index is 12.2. The van der Waals surface area contributed by atoms with E-state index >= 15 is 0 Å². The fourth-order valence-corrected chi connectivity index (χ4v) is 4.79. The Morgan fingerprint density at radius 1 is 1.10 bits per heavy atom. The van der Waals surface area contributed by atoms with Crippen molar-refractivity contribution in [2.24, 2.45) is 5.41 Å². The van der Waals surface area contributed by atoms with E-state index in [0.29, 0.717) is 18.7 Å². The minimum atomic E-state index is -1.14. The molecular formula is C24H31NO4. The molecule has 0 spiro atoms. The highest BCUT2D eigenvalue weighted by Gasteiger charge is 2.44. The summed E-state index contributed by atoms with van der Waals surface area (Å²) in [7, 11) is 0. The Hall–Kier alpha value is -2.56. The molecule has 0 aliphatic heterocycles. The number of allylic oxidation sites excluding steroid dienone is 1. The van der Waals surface area contributed by atoms with Crippen LogP contribution in [0.2, 0.25) is 0 Å². The van der Waals surface area contributed by atoms with Crippen molar-refractivity contribution in [3.63, 3.8) is 0 Å². The van der Waals surface area contributed by atoms with Crippen molar-refractivity contribution in [3.8, 4) is 0 Å². The predicted molar refractivity (Wildman–Crippen MR) is 112 cm³/mol. The zero-order chi connectivity index (χ0) is 21.0. The number of hydrogen-bond acceptors (Lipinski definition) is 3. The summed E-state index contributed by atoms with van der Waals surface area (Å²) in [5.41, 5.74) is 1.65. The highest BCUT2D eigenvalue weighted by molar-refractivity contribution is 5.92. The Morgan fingerprint density at radius 3 is 2.31 bits per heavy atom. The molecule has 1 aromatic carbocycles. The van der Waals surface area contributed by atoms with E-state index in [4.69, 9.17) is 0 Å². The number of rotatable bonds is 7. The van der Waals surface area contributed by atoms with Gasteiger partial charge >= 0.3 is 11.9 Å². The van der Waals surface area contributed by atoms with Crippen molar-refractivity contribution in [3.05, 3.63) is 58.8 Å². The van der Waals surface area contributed by atoms with E-state index in [0.717, 1.165) is 36.8 Å². The first-order valence-corrected chi connectivity index (χ1v) is 10.6. The lowest BCUT2D eigenvalue weighted by molar-refractivity contribution is -0.147. The molecule has 0 radical (unpaired) electrons. The van der Waals surface area contributed by atoms with Gasteiger partial charge in [-0.25, -0.2) is 4.79 Å². The molecule has 156 valence electrons. The van der Waals surface area contributed by atoms with E-state index < -0.39 is 17.4 Å². The molecule has 2 aliphatic carbocycles. The van der Waals surface area contributed by atoms with Gasteiger partial charge < -0.3 is 15.1 Å². The summed E-state index contributed by atoms with van der Waals surface area (Å²) in [6.07, 6.45) is 7.81. The van der Waals surface area contributed by atoms with Crippen LogP contribution < -0.4 is 0 Å². The van der Waals surface area contributed by atoms with Crippen LogP contribution >= 0.6 is 0 Å². The average Bonchev–Trinajstić information content (AvgIpc) is 2.73. The largest absolute Gasteiger partial charge is 0.481 e. The monoisotopic (exact) mass is 397 g/mol. The highest BCUT2D eigenvalue weighted by atomic mass is 16.4. The lowest BCUT2D eigenvalue weighted by Crippen LogP contribution is -2.41. The molecule has 1 unspecified atom stereocenters. The van der Waals surface area contributed by atoms with Gasteiger partial charge in [0.1, 0.15) is 0 Å². The van der Waals surface area contributed by atoms with Gasteiger partial charge in [0.05, 0.1) is 11.0 Å². The van der Waals surface area contributed by atoms with Crippen molar-refractivity contribution >= 4 is 11.9 Å². The van der Waals surface area contributed by atoms with E-state index in [2.05, 4.69) is 17.0 Å². The second kappa shape index (κ2) is 8.85. The van der Waals surface area contributed by atoms with Crippen LogP contribution in [0.3, 0.4) is 0 Å². The summed E-state index contributed by atoms with van der Waals surface area (Å²) in [4.78, 5) is 26.5. The Labute approximate surface area is 172 Å². The molecule has 29 heavy (non-hydrogen) atoms. The first-order valence-electron chi connectivity index (χ1n) is 10.6. The molecule has 5 nitrogen and oxygen atoms in total. The van der Waals surface area contributed by atoms with Gasteiger partial charge in [0.15, 0.2) is 0 Å². The average molecular weight is 398 g/mol. The van der Waals surface area contributed by atoms with E-state index in [9.17, 15) is 19.8 Å². The molecule has 3 rings (SSSR count). The first kappa shape index (κ1) is 21.2. The first-order chi connectivity index (χ1) is 13.9. The van der Waals surface area contributed by atoms with Crippen molar-refractivity contribution in [1.29, 1.82) is 0 Å². The quantitative estimate of drug-likeness (QED) is 0.678. The van der Waals surface area contributed by atoms with Crippen molar-refractivity contribution in [2.75, 3.05) is 0 Å². The SMILES string of the molecule is CCC1(C(=O)O)CC(C(=O)O)=C(N(Cc2ccccc2)C2CCCCC2)C=C1C. The summed E-state index contributed by atoms with van der Waals surface area (Å²) in [5.74, 6) is -1.96. The molecule has 1 saturated carbocycles. The molecule has 1 fully saturated rings. The van der Waals surface area contributed by atoms with Gasteiger partial charge in [-0.15, -0.1) is 0 Å². The van der Waals surface area contributed by atoms with Gasteiger partial charge in [-0.3, -0.25) is 4.79 Å².